The highest BCUT2D eigenvalue weighted by molar-refractivity contribution is 9.10. The first kappa shape index (κ1) is 16.1. The normalized spacial score (nSPS) is 13.9. The van der Waals surface area contributed by atoms with Gasteiger partial charge in [-0.1, -0.05) is 6.07 Å². The summed E-state index contributed by atoms with van der Waals surface area (Å²) in [4.78, 5) is 0. The van der Waals surface area contributed by atoms with Crippen molar-refractivity contribution >= 4 is 15.9 Å². The topological polar surface area (TPSA) is 54.6 Å². The van der Waals surface area contributed by atoms with Gasteiger partial charge in [-0.2, -0.15) is 0 Å². The largest absolute Gasteiger partial charge is 0.490 e. The molecule has 2 N–H and O–H groups in total. The number of halogens is 1. The van der Waals surface area contributed by atoms with Crippen LogP contribution in [0.2, 0.25) is 0 Å². The Morgan fingerprint density at radius 1 is 1.38 bits per heavy atom. The van der Waals surface area contributed by atoms with Crippen molar-refractivity contribution in [1.29, 1.82) is 0 Å². The number of furan rings is 1. The van der Waals surface area contributed by atoms with Crippen molar-refractivity contribution in [3.05, 3.63) is 52.4 Å². The highest BCUT2D eigenvalue weighted by Crippen LogP contribution is 2.25. The average Bonchev–Trinajstić information content (AvgIpc) is 2.98. The van der Waals surface area contributed by atoms with Crippen molar-refractivity contribution < 1.29 is 14.3 Å². The fourth-order valence-electron chi connectivity index (χ4n) is 1.92. The minimum atomic E-state index is -0.587. The second-order valence-electron chi connectivity index (χ2n) is 5.04. The molecule has 5 heteroatoms. The van der Waals surface area contributed by atoms with E-state index in [4.69, 9.17) is 9.15 Å². The molecule has 1 aromatic carbocycles. The maximum atomic E-state index is 9.97. The number of aliphatic hydroxyl groups excluding tert-OH is 1. The van der Waals surface area contributed by atoms with Gasteiger partial charge in [-0.3, -0.25) is 0 Å². The molecule has 114 valence electrons. The Kier molecular flexibility index (Phi) is 5.85. The standard InChI is InChI=1S/C16H20BrNO3/c1-11-5-6-16(14(17)8-11)21-10-13(19)9-18-12(2)15-4-3-7-20-15/h3-8,12-13,18-19H,9-10H2,1-2H3/t12-,13?/m0/s1. The molecule has 21 heavy (non-hydrogen) atoms. The van der Waals surface area contributed by atoms with Gasteiger partial charge in [-0.15, -0.1) is 0 Å². The van der Waals surface area contributed by atoms with Crippen LogP contribution in [0.4, 0.5) is 0 Å². The van der Waals surface area contributed by atoms with Crippen molar-refractivity contribution in [1.82, 2.24) is 5.32 Å². The van der Waals surface area contributed by atoms with Crippen molar-refractivity contribution in [3.63, 3.8) is 0 Å². The summed E-state index contributed by atoms with van der Waals surface area (Å²) in [5.74, 6) is 1.59. The van der Waals surface area contributed by atoms with E-state index in [2.05, 4.69) is 21.2 Å². The van der Waals surface area contributed by atoms with Crippen LogP contribution in [0.15, 0.2) is 45.5 Å². The molecule has 1 unspecified atom stereocenters. The van der Waals surface area contributed by atoms with Crippen LogP contribution in [0.1, 0.15) is 24.3 Å². The summed E-state index contributed by atoms with van der Waals surface area (Å²) < 4.78 is 11.8. The van der Waals surface area contributed by atoms with Crippen LogP contribution in [0.3, 0.4) is 0 Å². The van der Waals surface area contributed by atoms with E-state index < -0.39 is 6.10 Å². The summed E-state index contributed by atoms with van der Waals surface area (Å²) in [6.07, 6.45) is 1.05. The molecule has 1 heterocycles. The van der Waals surface area contributed by atoms with Crippen LogP contribution < -0.4 is 10.1 Å². The van der Waals surface area contributed by atoms with Crippen LogP contribution in [-0.2, 0) is 0 Å². The number of ether oxygens (including phenoxy) is 1. The molecule has 4 nitrogen and oxygen atoms in total. The molecule has 0 amide bonds. The molecule has 0 saturated heterocycles. The Morgan fingerprint density at radius 3 is 2.86 bits per heavy atom. The maximum Gasteiger partial charge on any atom is 0.133 e. The van der Waals surface area contributed by atoms with Gasteiger partial charge in [0.15, 0.2) is 0 Å². The van der Waals surface area contributed by atoms with Gasteiger partial charge in [0.2, 0.25) is 0 Å². The Balaban J connectivity index is 1.75. The van der Waals surface area contributed by atoms with Crippen LogP contribution in [-0.4, -0.2) is 24.4 Å². The molecule has 2 atom stereocenters. The number of nitrogens with one attached hydrogen (secondary N) is 1. The lowest BCUT2D eigenvalue weighted by Crippen LogP contribution is -2.32. The van der Waals surface area contributed by atoms with Crippen molar-refractivity contribution in [2.45, 2.75) is 26.0 Å². The summed E-state index contributed by atoms with van der Waals surface area (Å²) >= 11 is 3.45. The summed E-state index contributed by atoms with van der Waals surface area (Å²) in [7, 11) is 0. The lowest BCUT2D eigenvalue weighted by molar-refractivity contribution is 0.103. The zero-order valence-corrected chi connectivity index (χ0v) is 13.8. The summed E-state index contributed by atoms with van der Waals surface area (Å²) in [6.45, 7) is 4.68. The first-order valence-electron chi connectivity index (χ1n) is 6.90. The highest BCUT2D eigenvalue weighted by Gasteiger charge is 2.12. The zero-order valence-electron chi connectivity index (χ0n) is 12.2. The SMILES string of the molecule is Cc1ccc(OCC(O)CN[C@@H](C)c2ccco2)c(Br)c1. The number of hydrogen-bond acceptors (Lipinski definition) is 4. The molecule has 0 radical (unpaired) electrons. The first-order chi connectivity index (χ1) is 10.1. The van der Waals surface area contributed by atoms with Crippen LogP contribution in [0, 0.1) is 6.92 Å². The number of aliphatic hydroxyl groups is 1. The molecule has 0 fully saturated rings. The average molecular weight is 354 g/mol. The Hall–Kier alpha value is -1.30. The molecular weight excluding hydrogens is 334 g/mol. The van der Waals surface area contributed by atoms with Gasteiger partial charge in [0.25, 0.3) is 0 Å². The van der Waals surface area contributed by atoms with Gasteiger partial charge in [0, 0.05) is 6.54 Å². The lowest BCUT2D eigenvalue weighted by atomic mass is 10.2. The number of benzene rings is 1. The van der Waals surface area contributed by atoms with E-state index in [1.807, 2.05) is 44.2 Å². The smallest absolute Gasteiger partial charge is 0.133 e. The summed E-state index contributed by atoms with van der Waals surface area (Å²) in [6, 6.07) is 9.67. The number of hydrogen-bond donors (Lipinski definition) is 2. The van der Waals surface area contributed by atoms with Gasteiger partial charge >= 0.3 is 0 Å². The molecule has 0 saturated carbocycles. The molecule has 0 aliphatic rings. The third kappa shape index (κ3) is 4.88. The summed E-state index contributed by atoms with van der Waals surface area (Å²) in [5, 5.41) is 13.2. The predicted molar refractivity (Wildman–Crippen MR) is 85.5 cm³/mol. The van der Waals surface area contributed by atoms with E-state index in [-0.39, 0.29) is 12.6 Å². The second-order valence-corrected chi connectivity index (χ2v) is 5.90. The predicted octanol–water partition coefficient (Wildman–Crippen LogP) is 3.44. The molecule has 2 aromatic rings. The van der Waals surface area contributed by atoms with E-state index >= 15 is 0 Å². The zero-order chi connectivity index (χ0) is 15.2. The molecule has 0 bridgehead atoms. The van der Waals surface area contributed by atoms with Crippen LogP contribution in [0.5, 0.6) is 5.75 Å². The highest BCUT2D eigenvalue weighted by atomic mass is 79.9. The molecule has 2 rings (SSSR count). The lowest BCUT2D eigenvalue weighted by Gasteiger charge is -2.17. The van der Waals surface area contributed by atoms with Crippen LogP contribution in [0.25, 0.3) is 0 Å². The third-order valence-corrected chi connectivity index (χ3v) is 3.77. The number of aryl methyl sites for hydroxylation is 1. The van der Waals surface area contributed by atoms with Crippen LogP contribution >= 0.6 is 15.9 Å². The Labute approximate surface area is 133 Å². The van der Waals surface area contributed by atoms with E-state index in [0.717, 1.165) is 21.5 Å². The second kappa shape index (κ2) is 7.64. The van der Waals surface area contributed by atoms with E-state index in [0.29, 0.717) is 6.54 Å². The van der Waals surface area contributed by atoms with Gasteiger partial charge in [-0.25, -0.2) is 0 Å². The van der Waals surface area contributed by atoms with Gasteiger partial charge in [0.05, 0.1) is 16.8 Å². The monoisotopic (exact) mass is 353 g/mol. The van der Waals surface area contributed by atoms with E-state index in [1.165, 1.54) is 0 Å². The quantitative estimate of drug-likeness (QED) is 0.800. The Morgan fingerprint density at radius 2 is 2.19 bits per heavy atom. The van der Waals surface area contributed by atoms with Crippen molar-refractivity contribution in [2.24, 2.45) is 0 Å². The van der Waals surface area contributed by atoms with Crippen molar-refractivity contribution in [2.75, 3.05) is 13.2 Å². The minimum absolute atomic E-state index is 0.0563. The number of rotatable bonds is 7. The molecule has 1 aromatic heterocycles. The summed E-state index contributed by atoms with van der Waals surface area (Å²) in [5.41, 5.74) is 1.16. The van der Waals surface area contributed by atoms with Gasteiger partial charge in [0.1, 0.15) is 24.2 Å². The fourth-order valence-corrected chi connectivity index (χ4v) is 2.53. The molecule has 0 aliphatic carbocycles. The minimum Gasteiger partial charge on any atom is -0.490 e. The van der Waals surface area contributed by atoms with Gasteiger partial charge < -0.3 is 19.6 Å². The Bertz CT molecular complexity index is 557. The molecule has 0 spiro atoms. The van der Waals surface area contributed by atoms with Gasteiger partial charge in [-0.05, 0) is 59.6 Å². The maximum absolute atomic E-state index is 9.97. The van der Waals surface area contributed by atoms with E-state index in [1.54, 1.807) is 6.26 Å². The molecule has 0 aliphatic heterocycles. The first-order valence-corrected chi connectivity index (χ1v) is 7.69. The molecular formula is C16H20BrNO3. The van der Waals surface area contributed by atoms with E-state index in [9.17, 15) is 5.11 Å². The van der Waals surface area contributed by atoms with Crippen molar-refractivity contribution in [3.8, 4) is 5.75 Å². The fraction of sp³-hybridized carbons (Fsp3) is 0.375. The third-order valence-electron chi connectivity index (χ3n) is 3.15.